The summed E-state index contributed by atoms with van der Waals surface area (Å²) in [6.45, 7) is 0. The summed E-state index contributed by atoms with van der Waals surface area (Å²) in [5, 5.41) is 0. The maximum absolute atomic E-state index is 11.2. The van der Waals surface area contributed by atoms with Gasteiger partial charge >= 0.3 is 0 Å². The van der Waals surface area contributed by atoms with Crippen molar-refractivity contribution in [2.45, 2.75) is 12.8 Å². The molecule has 0 saturated carbocycles. The summed E-state index contributed by atoms with van der Waals surface area (Å²) in [7, 11) is 4.67. The molecule has 1 atom stereocenters. The fraction of sp³-hybridized carbons (Fsp3) is 0.250. The molecular formula is C8H8BO2P. The van der Waals surface area contributed by atoms with Crippen molar-refractivity contribution in [2.75, 3.05) is 0 Å². The summed E-state index contributed by atoms with van der Waals surface area (Å²) >= 11 is 0. The fourth-order valence-electron chi connectivity index (χ4n) is 1.00. The molecule has 1 unspecified atom stereocenters. The molecule has 0 N–H and O–H groups in total. The van der Waals surface area contributed by atoms with Crippen molar-refractivity contribution in [3.05, 3.63) is 23.8 Å². The summed E-state index contributed by atoms with van der Waals surface area (Å²) in [4.78, 5) is 22.1. The lowest BCUT2D eigenvalue weighted by Gasteiger charge is -2.05. The van der Waals surface area contributed by atoms with E-state index >= 15 is 0 Å². The normalized spacial score (nSPS) is 16.5. The maximum atomic E-state index is 11.2. The van der Waals surface area contributed by atoms with E-state index in [1.807, 2.05) is 6.08 Å². The van der Waals surface area contributed by atoms with Gasteiger partial charge in [0, 0.05) is 5.57 Å². The number of carbonyl (C=O) groups is 2. The molecule has 0 fully saturated rings. The van der Waals surface area contributed by atoms with Gasteiger partial charge in [0.25, 0.3) is 0 Å². The molecule has 0 aromatic rings. The molecule has 4 heteroatoms. The number of hydrogen-bond donors (Lipinski definition) is 0. The molecule has 0 amide bonds. The minimum Gasteiger partial charge on any atom is -0.287 e. The van der Waals surface area contributed by atoms with Crippen molar-refractivity contribution in [2.24, 2.45) is 0 Å². The average molecular weight is 178 g/mol. The molecule has 0 heterocycles. The van der Waals surface area contributed by atoms with Gasteiger partial charge in [0.15, 0.2) is 0 Å². The second-order valence-corrected chi connectivity index (χ2v) is 3.20. The van der Waals surface area contributed by atoms with Crippen LogP contribution in [0, 0.1) is 0 Å². The van der Waals surface area contributed by atoms with Gasteiger partial charge in [0.1, 0.15) is 7.57 Å². The highest BCUT2D eigenvalue weighted by atomic mass is 31.1. The number of carbonyl (C=O) groups excluding carboxylic acids is 2. The van der Waals surface area contributed by atoms with E-state index < -0.39 is 19.8 Å². The fourth-order valence-corrected chi connectivity index (χ4v) is 1.29. The van der Waals surface area contributed by atoms with E-state index in [9.17, 15) is 9.59 Å². The van der Waals surface area contributed by atoms with Crippen molar-refractivity contribution in [3.63, 3.8) is 0 Å². The molecule has 0 aliphatic heterocycles. The van der Waals surface area contributed by atoms with Crippen molar-refractivity contribution < 1.29 is 9.59 Å². The van der Waals surface area contributed by atoms with Gasteiger partial charge in [-0.3, -0.25) is 9.59 Å². The predicted molar refractivity (Wildman–Crippen MR) is 50.5 cm³/mol. The molecule has 0 saturated heterocycles. The lowest BCUT2D eigenvalue weighted by Crippen LogP contribution is -2.12. The van der Waals surface area contributed by atoms with Crippen LogP contribution >= 0.6 is 8.46 Å². The lowest BCUT2D eigenvalue weighted by molar-refractivity contribution is -0.129. The Balaban J connectivity index is 2.69. The van der Waals surface area contributed by atoms with Crippen molar-refractivity contribution >= 4 is 27.3 Å². The third kappa shape index (κ3) is 2.15. The third-order valence-corrected chi connectivity index (χ3v) is 2.13. The quantitative estimate of drug-likeness (QED) is 0.368. The number of hydrogen-bond acceptors (Lipinski definition) is 2. The zero-order valence-electron chi connectivity index (χ0n) is 6.54. The van der Waals surface area contributed by atoms with Crippen LogP contribution in [0.15, 0.2) is 23.8 Å². The largest absolute Gasteiger partial charge is 0.287 e. The van der Waals surface area contributed by atoms with E-state index in [4.69, 9.17) is 7.57 Å². The van der Waals surface area contributed by atoms with Crippen LogP contribution in [0.3, 0.4) is 0 Å². The van der Waals surface area contributed by atoms with Gasteiger partial charge in [0.05, 0.1) is 0 Å². The molecule has 1 aliphatic rings. The van der Waals surface area contributed by atoms with Gasteiger partial charge < -0.3 is 0 Å². The Morgan fingerprint density at radius 3 is 2.75 bits per heavy atom. The Hall–Kier alpha value is -0.685. The highest BCUT2D eigenvalue weighted by Crippen LogP contribution is 2.16. The summed E-state index contributed by atoms with van der Waals surface area (Å²) in [5.74, 6) is -0.416. The molecule has 2 nitrogen and oxygen atoms in total. The smallest absolute Gasteiger partial charge is 0.227 e. The SMILES string of the molecule is [B]PC(=O)C(=O)C1=CC=CCC1. The first-order chi connectivity index (χ1) is 5.75. The van der Waals surface area contributed by atoms with E-state index in [1.54, 1.807) is 12.2 Å². The van der Waals surface area contributed by atoms with Crippen LogP contribution in [0.5, 0.6) is 0 Å². The molecule has 1 rings (SSSR count). The standard InChI is InChI=1S/C8H8BO2P/c9-12-8(11)7(10)6-4-2-1-3-5-6/h1-2,4,12H,3,5H2. The average Bonchev–Trinajstić information content (AvgIpc) is 2.17. The third-order valence-electron chi connectivity index (χ3n) is 1.64. The van der Waals surface area contributed by atoms with Gasteiger partial charge in [-0.05, 0) is 12.8 Å². The van der Waals surface area contributed by atoms with E-state index in [1.165, 1.54) is 0 Å². The lowest BCUT2D eigenvalue weighted by atomic mass is 10.0. The van der Waals surface area contributed by atoms with Crippen LogP contribution in [-0.2, 0) is 9.59 Å². The number of ketones is 1. The van der Waals surface area contributed by atoms with Gasteiger partial charge in [-0.15, -0.1) is 0 Å². The molecule has 0 aromatic carbocycles. The number of rotatable bonds is 3. The first-order valence-corrected chi connectivity index (χ1v) is 4.74. The molecular weight excluding hydrogens is 170 g/mol. The molecule has 1 aliphatic carbocycles. The topological polar surface area (TPSA) is 34.1 Å². The Bertz CT molecular complexity index is 268. The van der Waals surface area contributed by atoms with Crippen molar-refractivity contribution in [1.82, 2.24) is 0 Å². The van der Waals surface area contributed by atoms with Gasteiger partial charge in [-0.1, -0.05) is 26.7 Å². The molecule has 0 aromatic heterocycles. The minimum atomic E-state index is -0.475. The molecule has 2 radical (unpaired) electrons. The first-order valence-electron chi connectivity index (χ1n) is 3.66. The molecule has 0 spiro atoms. The molecule has 12 heavy (non-hydrogen) atoms. The van der Waals surface area contributed by atoms with Crippen LogP contribution in [0.25, 0.3) is 0 Å². The summed E-state index contributed by atoms with van der Waals surface area (Å²) < 4.78 is 0. The second-order valence-electron chi connectivity index (χ2n) is 2.46. The highest BCUT2D eigenvalue weighted by Gasteiger charge is 2.16. The first kappa shape index (κ1) is 9.40. The minimum absolute atomic E-state index is 0.416. The van der Waals surface area contributed by atoms with Crippen LogP contribution in [0.2, 0.25) is 0 Å². The molecule has 60 valence electrons. The van der Waals surface area contributed by atoms with Crippen LogP contribution in [-0.4, -0.2) is 18.9 Å². The predicted octanol–water partition coefficient (Wildman–Crippen LogP) is 1.12. The van der Waals surface area contributed by atoms with Crippen LogP contribution in [0.4, 0.5) is 0 Å². The summed E-state index contributed by atoms with van der Waals surface area (Å²) in [6, 6.07) is 0. The van der Waals surface area contributed by atoms with Crippen molar-refractivity contribution in [1.29, 1.82) is 0 Å². The number of allylic oxidation sites excluding steroid dienone is 4. The Labute approximate surface area is 74.3 Å². The highest BCUT2D eigenvalue weighted by molar-refractivity contribution is 7.83. The molecule has 0 bridgehead atoms. The van der Waals surface area contributed by atoms with Gasteiger partial charge in [-0.25, -0.2) is 0 Å². The van der Waals surface area contributed by atoms with Crippen LogP contribution in [0.1, 0.15) is 12.8 Å². The maximum Gasteiger partial charge on any atom is 0.227 e. The summed E-state index contributed by atoms with van der Waals surface area (Å²) in [6.07, 6.45) is 6.93. The van der Waals surface area contributed by atoms with E-state index in [0.717, 1.165) is 6.42 Å². The van der Waals surface area contributed by atoms with Gasteiger partial charge in [-0.2, -0.15) is 0 Å². The zero-order valence-corrected chi connectivity index (χ0v) is 7.54. The van der Waals surface area contributed by atoms with E-state index in [-0.39, 0.29) is 0 Å². The Morgan fingerprint density at radius 2 is 2.25 bits per heavy atom. The number of Topliss-reactive ketones (excluding diaryl/α,β-unsaturated/α-hetero) is 1. The van der Waals surface area contributed by atoms with E-state index in [2.05, 4.69) is 0 Å². The van der Waals surface area contributed by atoms with Gasteiger partial charge in [0.2, 0.25) is 11.3 Å². The second kappa shape index (κ2) is 4.37. The monoisotopic (exact) mass is 178 g/mol. The summed E-state index contributed by atoms with van der Waals surface area (Å²) in [5.41, 5.74) is 0.108. The van der Waals surface area contributed by atoms with E-state index in [0.29, 0.717) is 12.0 Å². The zero-order chi connectivity index (χ0) is 8.97. The van der Waals surface area contributed by atoms with Crippen molar-refractivity contribution in [3.8, 4) is 0 Å². The Morgan fingerprint density at radius 1 is 1.50 bits per heavy atom. The van der Waals surface area contributed by atoms with Crippen LogP contribution < -0.4 is 0 Å². The Kier molecular flexibility index (Phi) is 3.42.